The van der Waals surface area contributed by atoms with Crippen molar-refractivity contribution in [3.8, 4) is 0 Å². The van der Waals surface area contributed by atoms with Crippen LogP contribution in [-0.2, 0) is 32.8 Å². The lowest BCUT2D eigenvalue weighted by Gasteiger charge is -2.41. The number of nitrogens with one attached hydrogen (secondary N) is 1. The molecular formula is C21H28N2O4S2. The molecule has 2 aromatic carbocycles. The Labute approximate surface area is 173 Å². The van der Waals surface area contributed by atoms with E-state index in [4.69, 9.17) is 0 Å². The van der Waals surface area contributed by atoms with Gasteiger partial charge in [-0.05, 0) is 55.7 Å². The normalized spacial score (nSPS) is 15.8. The molecule has 0 atom stereocenters. The molecule has 1 aliphatic heterocycles. The lowest BCUT2D eigenvalue weighted by atomic mass is 9.94. The van der Waals surface area contributed by atoms with E-state index >= 15 is 0 Å². The van der Waals surface area contributed by atoms with Crippen LogP contribution in [0.3, 0.4) is 0 Å². The van der Waals surface area contributed by atoms with E-state index in [0.29, 0.717) is 0 Å². The van der Waals surface area contributed by atoms with Crippen molar-refractivity contribution in [2.24, 2.45) is 0 Å². The van der Waals surface area contributed by atoms with E-state index < -0.39 is 19.9 Å². The number of sulfone groups is 1. The topological polar surface area (TPSA) is 83.5 Å². The molecule has 0 unspecified atom stereocenters. The Morgan fingerprint density at radius 2 is 1.52 bits per heavy atom. The maximum absolute atomic E-state index is 12.7. The zero-order valence-electron chi connectivity index (χ0n) is 17.1. The molecule has 8 heteroatoms. The third-order valence-corrected chi connectivity index (χ3v) is 8.72. The fourth-order valence-electron chi connectivity index (χ4n) is 3.47. The molecule has 1 N–H and O–H groups in total. The quantitative estimate of drug-likeness (QED) is 0.721. The molecule has 0 aromatic heterocycles. The highest BCUT2D eigenvalue weighted by Crippen LogP contribution is 2.25. The Balaban J connectivity index is 1.69. The molecular weight excluding hydrogens is 408 g/mol. The summed E-state index contributed by atoms with van der Waals surface area (Å²) in [6.07, 6.45) is 0.944. The van der Waals surface area contributed by atoms with E-state index in [1.807, 2.05) is 26.0 Å². The lowest BCUT2D eigenvalue weighted by Crippen LogP contribution is -2.53. The molecule has 0 saturated heterocycles. The van der Waals surface area contributed by atoms with Crippen molar-refractivity contribution in [2.45, 2.75) is 49.1 Å². The average Bonchev–Trinajstić information content (AvgIpc) is 2.72. The van der Waals surface area contributed by atoms with E-state index in [9.17, 15) is 16.8 Å². The van der Waals surface area contributed by atoms with Gasteiger partial charge in [-0.3, -0.25) is 4.90 Å². The summed E-state index contributed by atoms with van der Waals surface area (Å²) < 4.78 is 51.9. The Morgan fingerprint density at radius 1 is 0.931 bits per heavy atom. The van der Waals surface area contributed by atoms with Crippen LogP contribution < -0.4 is 4.72 Å². The number of hydrogen-bond donors (Lipinski definition) is 1. The van der Waals surface area contributed by atoms with Gasteiger partial charge in [0.25, 0.3) is 0 Å². The van der Waals surface area contributed by atoms with Crippen LogP contribution in [0.2, 0.25) is 0 Å². The van der Waals surface area contributed by atoms with Crippen LogP contribution in [0.4, 0.5) is 0 Å². The van der Waals surface area contributed by atoms with Crippen LogP contribution in [0, 0.1) is 0 Å². The Morgan fingerprint density at radius 3 is 2.14 bits per heavy atom. The van der Waals surface area contributed by atoms with Gasteiger partial charge in [0.1, 0.15) is 0 Å². The molecule has 0 bridgehead atoms. The minimum Gasteiger partial charge on any atom is -0.292 e. The molecule has 29 heavy (non-hydrogen) atoms. The Bertz CT molecular complexity index is 1080. The summed E-state index contributed by atoms with van der Waals surface area (Å²) in [6.45, 7) is 7.53. The lowest BCUT2D eigenvalue weighted by molar-refractivity contribution is 0.108. The Kier molecular flexibility index (Phi) is 6.19. The third kappa shape index (κ3) is 4.88. The van der Waals surface area contributed by atoms with Crippen LogP contribution in [0.15, 0.2) is 58.3 Å². The molecule has 1 aliphatic rings. The summed E-state index contributed by atoms with van der Waals surface area (Å²) in [5.74, 6) is -0.0233. The van der Waals surface area contributed by atoms with Crippen molar-refractivity contribution in [1.29, 1.82) is 0 Å². The predicted octanol–water partition coefficient (Wildman–Crippen LogP) is 2.60. The van der Waals surface area contributed by atoms with Crippen molar-refractivity contribution in [1.82, 2.24) is 9.62 Å². The highest BCUT2D eigenvalue weighted by atomic mass is 32.2. The maximum Gasteiger partial charge on any atom is 0.240 e. The number of hydrogen-bond acceptors (Lipinski definition) is 5. The van der Waals surface area contributed by atoms with Gasteiger partial charge in [0.05, 0.1) is 15.5 Å². The van der Waals surface area contributed by atoms with Crippen molar-refractivity contribution in [3.63, 3.8) is 0 Å². The van der Waals surface area contributed by atoms with Crippen molar-refractivity contribution < 1.29 is 16.8 Å². The van der Waals surface area contributed by atoms with Gasteiger partial charge in [-0.2, -0.15) is 0 Å². The number of nitrogens with zero attached hydrogens (tertiary/aromatic N) is 1. The molecule has 1 heterocycles. The van der Waals surface area contributed by atoms with Gasteiger partial charge >= 0.3 is 0 Å². The van der Waals surface area contributed by atoms with E-state index in [2.05, 4.69) is 21.8 Å². The fraction of sp³-hybridized carbons (Fsp3) is 0.429. The number of benzene rings is 2. The first-order valence-corrected chi connectivity index (χ1v) is 12.8. The first-order valence-electron chi connectivity index (χ1n) is 9.69. The highest BCUT2D eigenvalue weighted by molar-refractivity contribution is 7.91. The SMILES string of the molecule is CCS(=O)(=O)c1ccc(S(=O)(=O)NCC(C)(C)N2CCc3ccccc3C2)cc1. The zero-order valence-corrected chi connectivity index (χ0v) is 18.7. The minimum atomic E-state index is -3.73. The van der Waals surface area contributed by atoms with Gasteiger partial charge < -0.3 is 0 Å². The first kappa shape index (κ1) is 22.0. The molecule has 158 valence electrons. The predicted molar refractivity (Wildman–Crippen MR) is 114 cm³/mol. The maximum atomic E-state index is 12.7. The Hall–Kier alpha value is -1.74. The molecule has 0 saturated carbocycles. The summed E-state index contributed by atoms with van der Waals surface area (Å²) >= 11 is 0. The van der Waals surface area contributed by atoms with Crippen LogP contribution >= 0.6 is 0 Å². The van der Waals surface area contributed by atoms with E-state index in [-0.39, 0.29) is 27.6 Å². The molecule has 2 aromatic rings. The van der Waals surface area contributed by atoms with Crippen LogP contribution in [-0.4, -0.2) is 46.1 Å². The summed E-state index contributed by atoms with van der Waals surface area (Å²) in [7, 11) is -7.09. The standard InChI is InChI=1S/C21H28N2O4S2/c1-4-28(24,25)19-9-11-20(12-10-19)29(26,27)22-16-21(2,3)23-14-13-17-7-5-6-8-18(17)15-23/h5-12,22H,4,13-16H2,1-3H3. The second kappa shape index (κ2) is 8.18. The highest BCUT2D eigenvalue weighted by Gasteiger charge is 2.31. The fourth-order valence-corrected chi connectivity index (χ4v) is 5.56. The zero-order chi connectivity index (χ0) is 21.3. The minimum absolute atomic E-state index is 0.0233. The van der Waals surface area contributed by atoms with Crippen molar-refractivity contribution >= 4 is 19.9 Å². The van der Waals surface area contributed by atoms with Gasteiger partial charge in [-0.25, -0.2) is 21.6 Å². The summed E-state index contributed by atoms with van der Waals surface area (Å²) in [5.41, 5.74) is 2.26. The van der Waals surface area contributed by atoms with Gasteiger partial charge in [0.2, 0.25) is 10.0 Å². The molecule has 0 amide bonds. The summed E-state index contributed by atoms with van der Waals surface area (Å²) in [4.78, 5) is 2.48. The second-order valence-electron chi connectivity index (χ2n) is 7.95. The third-order valence-electron chi connectivity index (χ3n) is 5.55. The van der Waals surface area contributed by atoms with Crippen molar-refractivity contribution in [2.75, 3.05) is 18.8 Å². The molecule has 6 nitrogen and oxygen atoms in total. The van der Waals surface area contributed by atoms with E-state index in [0.717, 1.165) is 19.5 Å². The molecule has 3 rings (SSSR count). The molecule has 0 radical (unpaired) electrons. The summed E-state index contributed by atoms with van der Waals surface area (Å²) in [6, 6.07) is 13.7. The number of sulfonamides is 1. The molecule has 0 aliphatic carbocycles. The second-order valence-corrected chi connectivity index (χ2v) is 12.0. The summed E-state index contributed by atoms with van der Waals surface area (Å²) in [5, 5.41) is 0. The van der Waals surface area contributed by atoms with Gasteiger partial charge in [0, 0.05) is 25.2 Å². The van der Waals surface area contributed by atoms with E-state index in [1.165, 1.54) is 35.4 Å². The first-order chi connectivity index (χ1) is 13.5. The van der Waals surface area contributed by atoms with Gasteiger partial charge in [-0.1, -0.05) is 31.2 Å². The van der Waals surface area contributed by atoms with Crippen molar-refractivity contribution in [3.05, 3.63) is 59.7 Å². The molecule has 0 spiro atoms. The van der Waals surface area contributed by atoms with Crippen LogP contribution in [0.1, 0.15) is 31.9 Å². The smallest absolute Gasteiger partial charge is 0.240 e. The van der Waals surface area contributed by atoms with Gasteiger partial charge in [-0.15, -0.1) is 0 Å². The largest absolute Gasteiger partial charge is 0.292 e. The molecule has 0 fully saturated rings. The average molecular weight is 437 g/mol. The van der Waals surface area contributed by atoms with Crippen LogP contribution in [0.25, 0.3) is 0 Å². The van der Waals surface area contributed by atoms with Crippen LogP contribution in [0.5, 0.6) is 0 Å². The number of fused-ring (bicyclic) bond motifs is 1. The number of rotatable bonds is 7. The van der Waals surface area contributed by atoms with Gasteiger partial charge in [0.15, 0.2) is 9.84 Å². The monoisotopic (exact) mass is 436 g/mol. The van der Waals surface area contributed by atoms with E-state index in [1.54, 1.807) is 6.92 Å².